The van der Waals surface area contributed by atoms with Crippen molar-refractivity contribution in [3.63, 3.8) is 0 Å². The molecule has 0 spiro atoms. The van der Waals surface area contributed by atoms with Crippen molar-refractivity contribution in [2.45, 2.75) is 6.92 Å². The van der Waals surface area contributed by atoms with E-state index in [0.29, 0.717) is 5.82 Å². The minimum atomic E-state index is -0.130. The van der Waals surface area contributed by atoms with Gasteiger partial charge >= 0.3 is 0 Å². The summed E-state index contributed by atoms with van der Waals surface area (Å²) in [6.45, 7) is 1.46. The molecular formula is C13H15N3O2. The smallest absolute Gasteiger partial charge is 0.222 e. The fraction of sp³-hybridized carbons (Fsp3) is 0.231. The van der Waals surface area contributed by atoms with Crippen LogP contribution in [-0.4, -0.2) is 22.8 Å². The molecule has 1 N–H and O–H groups in total. The molecule has 0 aliphatic rings. The summed E-state index contributed by atoms with van der Waals surface area (Å²) < 4.78 is 6.84. The molecule has 0 atom stereocenters. The molecule has 2 rings (SSSR count). The van der Waals surface area contributed by atoms with Gasteiger partial charge in [0.15, 0.2) is 5.82 Å². The largest absolute Gasteiger partial charge is 0.497 e. The molecule has 2 aromatic rings. The molecule has 0 bridgehead atoms. The van der Waals surface area contributed by atoms with Gasteiger partial charge in [-0.3, -0.25) is 9.48 Å². The SMILES string of the molecule is COc1ccc(-c2cc(NC(C)=O)nn2C)cc1. The highest BCUT2D eigenvalue weighted by atomic mass is 16.5. The highest BCUT2D eigenvalue weighted by molar-refractivity contribution is 5.88. The van der Waals surface area contributed by atoms with E-state index < -0.39 is 0 Å². The minimum Gasteiger partial charge on any atom is -0.497 e. The first-order chi connectivity index (χ1) is 8.60. The Morgan fingerprint density at radius 2 is 2.00 bits per heavy atom. The highest BCUT2D eigenvalue weighted by Gasteiger charge is 2.08. The Hall–Kier alpha value is -2.30. The van der Waals surface area contributed by atoms with Gasteiger partial charge in [-0.2, -0.15) is 5.10 Å². The third-order valence-corrected chi connectivity index (χ3v) is 2.57. The van der Waals surface area contributed by atoms with Crippen LogP contribution in [0.4, 0.5) is 5.82 Å². The first-order valence-corrected chi connectivity index (χ1v) is 5.56. The van der Waals surface area contributed by atoms with Crippen LogP contribution in [0.2, 0.25) is 0 Å². The quantitative estimate of drug-likeness (QED) is 0.900. The average molecular weight is 245 g/mol. The molecule has 0 aliphatic heterocycles. The number of amides is 1. The number of aryl methyl sites for hydroxylation is 1. The van der Waals surface area contributed by atoms with E-state index in [0.717, 1.165) is 17.0 Å². The second-order valence-electron chi connectivity index (χ2n) is 3.95. The fourth-order valence-corrected chi connectivity index (χ4v) is 1.74. The lowest BCUT2D eigenvalue weighted by Crippen LogP contribution is -2.06. The van der Waals surface area contributed by atoms with Crippen LogP contribution in [0.3, 0.4) is 0 Å². The second-order valence-corrected chi connectivity index (χ2v) is 3.95. The van der Waals surface area contributed by atoms with Gasteiger partial charge in [0.1, 0.15) is 5.75 Å². The molecule has 0 saturated heterocycles. The number of carbonyl (C=O) groups is 1. The monoisotopic (exact) mass is 245 g/mol. The summed E-state index contributed by atoms with van der Waals surface area (Å²) in [5, 5.41) is 6.89. The van der Waals surface area contributed by atoms with Crippen molar-refractivity contribution >= 4 is 11.7 Å². The first-order valence-electron chi connectivity index (χ1n) is 5.56. The van der Waals surface area contributed by atoms with E-state index in [1.54, 1.807) is 11.8 Å². The zero-order chi connectivity index (χ0) is 13.1. The molecule has 0 radical (unpaired) electrons. The van der Waals surface area contributed by atoms with Gasteiger partial charge in [-0.25, -0.2) is 0 Å². The number of methoxy groups -OCH3 is 1. The molecule has 0 unspecified atom stereocenters. The van der Waals surface area contributed by atoms with Gasteiger partial charge in [-0.15, -0.1) is 0 Å². The summed E-state index contributed by atoms with van der Waals surface area (Å²) in [7, 11) is 3.47. The Balaban J connectivity index is 2.31. The maximum absolute atomic E-state index is 11.0. The van der Waals surface area contributed by atoms with Crippen molar-refractivity contribution in [1.82, 2.24) is 9.78 Å². The number of nitrogens with zero attached hydrogens (tertiary/aromatic N) is 2. The molecule has 1 aromatic carbocycles. The van der Waals surface area contributed by atoms with E-state index in [4.69, 9.17) is 4.74 Å². The summed E-state index contributed by atoms with van der Waals surface area (Å²) in [6, 6.07) is 9.52. The predicted molar refractivity (Wildman–Crippen MR) is 69.5 cm³/mol. The minimum absolute atomic E-state index is 0.130. The van der Waals surface area contributed by atoms with Crippen LogP contribution in [0.5, 0.6) is 5.75 Å². The normalized spacial score (nSPS) is 10.2. The predicted octanol–water partition coefficient (Wildman–Crippen LogP) is 2.05. The maximum Gasteiger partial charge on any atom is 0.222 e. The van der Waals surface area contributed by atoms with E-state index in [-0.39, 0.29) is 5.91 Å². The summed E-state index contributed by atoms with van der Waals surface area (Å²) in [6.07, 6.45) is 0. The summed E-state index contributed by atoms with van der Waals surface area (Å²) in [4.78, 5) is 11.0. The average Bonchev–Trinajstić information content (AvgIpc) is 2.69. The van der Waals surface area contributed by atoms with Crippen molar-refractivity contribution in [2.24, 2.45) is 7.05 Å². The van der Waals surface area contributed by atoms with Gasteiger partial charge in [-0.1, -0.05) is 0 Å². The molecule has 1 aromatic heterocycles. The lowest BCUT2D eigenvalue weighted by Gasteiger charge is -2.03. The zero-order valence-electron chi connectivity index (χ0n) is 10.6. The third kappa shape index (κ3) is 2.51. The van der Waals surface area contributed by atoms with Crippen LogP contribution in [-0.2, 0) is 11.8 Å². The van der Waals surface area contributed by atoms with Gasteiger partial charge in [0.2, 0.25) is 5.91 Å². The Bertz CT molecular complexity index is 558. The first kappa shape index (κ1) is 12.2. The van der Waals surface area contributed by atoms with Crippen LogP contribution in [0, 0.1) is 0 Å². The van der Waals surface area contributed by atoms with Crippen molar-refractivity contribution < 1.29 is 9.53 Å². The number of nitrogens with one attached hydrogen (secondary N) is 1. The van der Waals surface area contributed by atoms with Crippen molar-refractivity contribution in [2.75, 3.05) is 12.4 Å². The van der Waals surface area contributed by atoms with Crippen LogP contribution in [0.25, 0.3) is 11.3 Å². The van der Waals surface area contributed by atoms with Gasteiger partial charge in [0.05, 0.1) is 12.8 Å². The number of carbonyl (C=O) groups excluding carboxylic acids is 1. The van der Waals surface area contributed by atoms with Gasteiger partial charge in [-0.05, 0) is 24.3 Å². The molecular weight excluding hydrogens is 230 g/mol. The molecule has 1 heterocycles. The van der Waals surface area contributed by atoms with Crippen LogP contribution in [0.1, 0.15) is 6.92 Å². The number of aromatic nitrogens is 2. The standard InChI is InChI=1S/C13H15N3O2/c1-9(17)14-13-8-12(16(2)15-13)10-4-6-11(18-3)7-5-10/h4-8H,1-3H3,(H,14,15,17). The van der Waals surface area contributed by atoms with E-state index in [9.17, 15) is 4.79 Å². The highest BCUT2D eigenvalue weighted by Crippen LogP contribution is 2.24. The number of hydrogen-bond acceptors (Lipinski definition) is 3. The number of hydrogen-bond donors (Lipinski definition) is 1. The third-order valence-electron chi connectivity index (χ3n) is 2.57. The summed E-state index contributed by atoms with van der Waals surface area (Å²) >= 11 is 0. The molecule has 18 heavy (non-hydrogen) atoms. The fourth-order valence-electron chi connectivity index (χ4n) is 1.74. The summed E-state index contributed by atoms with van der Waals surface area (Å²) in [5.41, 5.74) is 1.95. The van der Waals surface area contributed by atoms with Crippen LogP contribution >= 0.6 is 0 Å². The molecule has 0 fully saturated rings. The maximum atomic E-state index is 11.0. The number of rotatable bonds is 3. The molecule has 94 valence electrons. The van der Waals surface area contributed by atoms with Gasteiger partial charge < -0.3 is 10.1 Å². The second kappa shape index (κ2) is 4.91. The molecule has 1 amide bonds. The Labute approximate surface area is 105 Å². The van der Waals surface area contributed by atoms with Crippen LogP contribution in [0.15, 0.2) is 30.3 Å². The van der Waals surface area contributed by atoms with Gasteiger partial charge in [0, 0.05) is 25.6 Å². The van der Waals surface area contributed by atoms with Crippen LogP contribution < -0.4 is 10.1 Å². The summed E-state index contributed by atoms with van der Waals surface area (Å²) in [5.74, 6) is 1.23. The molecule has 5 heteroatoms. The van der Waals surface area contributed by atoms with E-state index in [2.05, 4.69) is 10.4 Å². The van der Waals surface area contributed by atoms with Crippen molar-refractivity contribution in [1.29, 1.82) is 0 Å². The Morgan fingerprint density at radius 3 is 2.56 bits per heavy atom. The Kier molecular flexibility index (Phi) is 3.32. The van der Waals surface area contributed by atoms with Crippen molar-refractivity contribution in [3.05, 3.63) is 30.3 Å². The van der Waals surface area contributed by atoms with E-state index in [1.807, 2.05) is 37.4 Å². The van der Waals surface area contributed by atoms with E-state index in [1.165, 1.54) is 6.92 Å². The molecule has 5 nitrogen and oxygen atoms in total. The molecule has 0 saturated carbocycles. The lowest BCUT2D eigenvalue weighted by atomic mass is 10.1. The molecule has 0 aliphatic carbocycles. The lowest BCUT2D eigenvalue weighted by molar-refractivity contribution is -0.114. The Morgan fingerprint density at radius 1 is 1.33 bits per heavy atom. The number of anilines is 1. The topological polar surface area (TPSA) is 56.1 Å². The van der Waals surface area contributed by atoms with Crippen molar-refractivity contribution in [3.8, 4) is 17.0 Å². The number of ether oxygens (including phenoxy) is 1. The number of benzene rings is 1. The zero-order valence-corrected chi connectivity index (χ0v) is 10.6. The van der Waals surface area contributed by atoms with Gasteiger partial charge in [0.25, 0.3) is 0 Å². The van der Waals surface area contributed by atoms with E-state index >= 15 is 0 Å².